The molecule has 7 heteroatoms. The zero-order chi connectivity index (χ0) is 23.8. The zero-order valence-electron chi connectivity index (χ0n) is 19.8. The molecule has 1 aromatic carbocycles. The third-order valence-corrected chi connectivity index (χ3v) is 7.52. The Balaban J connectivity index is 1.58. The highest BCUT2D eigenvalue weighted by Crippen LogP contribution is 2.44. The van der Waals surface area contributed by atoms with Crippen LogP contribution in [0.15, 0.2) is 54.7 Å². The Bertz CT molecular complexity index is 1200. The minimum absolute atomic E-state index is 0.00931. The first-order valence-electron chi connectivity index (χ1n) is 11.9. The largest absolute Gasteiger partial charge is 0.465 e. The number of hydrogen-bond donors (Lipinski definition) is 1. The van der Waals surface area contributed by atoms with Crippen molar-refractivity contribution in [1.29, 1.82) is 0 Å². The fourth-order valence-electron chi connectivity index (χ4n) is 5.62. The number of nitrogens with zero attached hydrogens (tertiary/aromatic N) is 3. The minimum Gasteiger partial charge on any atom is -0.465 e. The summed E-state index contributed by atoms with van der Waals surface area (Å²) in [7, 11) is 1.40. The third-order valence-electron chi connectivity index (χ3n) is 7.19. The maximum Gasteiger partial charge on any atom is 0.337 e. The molecule has 2 aromatic heterocycles. The summed E-state index contributed by atoms with van der Waals surface area (Å²) in [5.41, 5.74) is 6.13. The summed E-state index contributed by atoms with van der Waals surface area (Å²) in [5, 5.41) is 4.42. The number of nitrogens with one attached hydrogen (secondary N) is 1. The molecule has 2 fully saturated rings. The number of aromatic nitrogens is 2. The van der Waals surface area contributed by atoms with Gasteiger partial charge in [-0.1, -0.05) is 18.9 Å². The van der Waals surface area contributed by atoms with E-state index in [1.54, 1.807) is 0 Å². The highest BCUT2D eigenvalue weighted by molar-refractivity contribution is 7.80. The number of benzene rings is 1. The van der Waals surface area contributed by atoms with E-state index < -0.39 is 0 Å². The van der Waals surface area contributed by atoms with Gasteiger partial charge in [-0.25, -0.2) is 4.79 Å². The average molecular weight is 475 g/mol. The number of pyridine rings is 1. The summed E-state index contributed by atoms with van der Waals surface area (Å²) in [5.74, 6) is -0.330. The molecular weight excluding hydrogens is 444 g/mol. The van der Waals surface area contributed by atoms with Gasteiger partial charge in [-0.3, -0.25) is 4.98 Å². The highest BCUT2D eigenvalue weighted by Gasteiger charge is 2.44. The molecule has 1 aliphatic carbocycles. The van der Waals surface area contributed by atoms with Crippen LogP contribution in [0.3, 0.4) is 0 Å². The van der Waals surface area contributed by atoms with Gasteiger partial charge in [0.2, 0.25) is 0 Å². The quantitative estimate of drug-likeness (QED) is 0.406. The second-order valence-corrected chi connectivity index (χ2v) is 9.56. The highest BCUT2D eigenvalue weighted by atomic mass is 32.1. The normalized spacial score (nSPS) is 20.6. The lowest BCUT2D eigenvalue weighted by Crippen LogP contribution is -2.37. The molecule has 0 unspecified atom stereocenters. The molecule has 6 nitrogen and oxygen atoms in total. The number of hydrogen-bond acceptors (Lipinski definition) is 4. The Morgan fingerprint density at radius 2 is 1.85 bits per heavy atom. The number of esters is 1. The van der Waals surface area contributed by atoms with Crippen molar-refractivity contribution < 1.29 is 9.53 Å². The third kappa shape index (κ3) is 3.88. The van der Waals surface area contributed by atoms with Crippen molar-refractivity contribution in [2.45, 2.75) is 57.7 Å². The van der Waals surface area contributed by atoms with Crippen LogP contribution < -0.4 is 5.32 Å². The number of carbonyl (C=O) groups excluding carboxylic acids is 1. The Morgan fingerprint density at radius 3 is 2.50 bits per heavy atom. The molecule has 2 aliphatic rings. The smallest absolute Gasteiger partial charge is 0.337 e. The van der Waals surface area contributed by atoms with E-state index in [-0.39, 0.29) is 18.1 Å². The number of rotatable bonds is 5. The monoisotopic (exact) mass is 474 g/mol. The van der Waals surface area contributed by atoms with Gasteiger partial charge in [0, 0.05) is 29.3 Å². The molecule has 2 atom stereocenters. The number of ether oxygens (including phenoxy) is 1. The van der Waals surface area contributed by atoms with E-state index in [9.17, 15) is 4.79 Å². The van der Waals surface area contributed by atoms with Crippen LogP contribution in [0.2, 0.25) is 0 Å². The van der Waals surface area contributed by atoms with Crippen molar-refractivity contribution in [2.24, 2.45) is 0 Å². The van der Waals surface area contributed by atoms with Crippen LogP contribution in [0, 0.1) is 13.8 Å². The summed E-state index contributed by atoms with van der Waals surface area (Å²) in [6.07, 6.45) is 6.68. The SMILES string of the molecule is COC(=O)c1ccc(-n2c(C)cc([C@@H]3[C@@H](c4ccccn4)NC(=S)N3C3CCCC3)c2C)cc1. The summed E-state index contributed by atoms with van der Waals surface area (Å²) < 4.78 is 7.10. The Hall–Kier alpha value is -3.19. The molecule has 34 heavy (non-hydrogen) atoms. The van der Waals surface area contributed by atoms with E-state index >= 15 is 0 Å². The van der Waals surface area contributed by atoms with Crippen LogP contribution in [0.5, 0.6) is 0 Å². The standard InChI is InChI=1S/C27H30N4O2S/c1-17-16-22(18(2)30(17)21-13-11-19(12-14-21)26(32)33-3)25-24(23-10-6-7-15-28-23)29-27(34)31(25)20-8-4-5-9-20/h6-7,10-16,20,24-25H,4-5,8-9H2,1-3H3,(H,29,34)/t24-,25-/m1/s1. The van der Waals surface area contributed by atoms with Gasteiger partial charge in [0.1, 0.15) is 0 Å². The van der Waals surface area contributed by atoms with E-state index in [1.807, 2.05) is 42.6 Å². The molecule has 0 radical (unpaired) electrons. The van der Waals surface area contributed by atoms with Crippen molar-refractivity contribution in [3.05, 3.63) is 82.9 Å². The predicted molar refractivity (Wildman–Crippen MR) is 136 cm³/mol. The molecule has 176 valence electrons. The topological polar surface area (TPSA) is 59.4 Å². The van der Waals surface area contributed by atoms with Crippen LogP contribution in [0.1, 0.15) is 70.8 Å². The maximum absolute atomic E-state index is 11.9. The van der Waals surface area contributed by atoms with Crippen LogP contribution in [-0.4, -0.2) is 38.7 Å². The number of aryl methyl sites for hydroxylation is 1. The van der Waals surface area contributed by atoms with Gasteiger partial charge in [-0.2, -0.15) is 0 Å². The van der Waals surface area contributed by atoms with Gasteiger partial charge in [0.15, 0.2) is 5.11 Å². The van der Waals surface area contributed by atoms with Crippen molar-refractivity contribution >= 4 is 23.3 Å². The first-order valence-corrected chi connectivity index (χ1v) is 12.3. The maximum atomic E-state index is 11.9. The first-order chi connectivity index (χ1) is 16.5. The van der Waals surface area contributed by atoms with E-state index in [1.165, 1.54) is 44.1 Å². The Kier molecular flexibility index (Phi) is 6.13. The summed E-state index contributed by atoms with van der Waals surface area (Å²) >= 11 is 5.89. The van der Waals surface area contributed by atoms with Gasteiger partial charge in [0.25, 0.3) is 0 Å². The number of thiocarbonyl (C=S) groups is 1. The molecular formula is C27H30N4O2S. The van der Waals surface area contributed by atoms with Gasteiger partial charge in [0.05, 0.1) is 30.5 Å². The summed E-state index contributed by atoms with van der Waals surface area (Å²) in [6, 6.07) is 16.4. The number of carbonyl (C=O) groups is 1. The lowest BCUT2D eigenvalue weighted by Gasteiger charge is -2.33. The van der Waals surface area contributed by atoms with Crippen LogP contribution in [0.4, 0.5) is 0 Å². The van der Waals surface area contributed by atoms with Gasteiger partial charge < -0.3 is 19.5 Å². The molecule has 5 rings (SSSR count). The lowest BCUT2D eigenvalue weighted by atomic mass is 9.95. The summed E-state index contributed by atoms with van der Waals surface area (Å²) in [4.78, 5) is 19.0. The molecule has 1 saturated heterocycles. The Morgan fingerprint density at radius 1 is 1.12 bits per heavy atom. The molecule has 3 aromatic rings. The molecule has 0 spiro atoms. The molecule has 0 amide bonds. The van der Waals surface area contributed by atoms with Crippen LogP contribution in [-0.2, 0) is 4.74 Å². The van der Waals surface area contributed by atoms with E-state index in [4.69, 9.17) is 17.0 Å². The fraction of sp³-hybridized carbons (Fsp3) is 0.370. The van der Waals surface area contributed by atoms with Gasteiger partial charge >= 0.3 is 5.97 Å². The fourth-order valence-corrected chi connectivity index (χ4v) is 6.01. The molecule has 0 bridgehead atoms. The van der Waals surface area contributed by atoms with Crippen LogP contribution >= 0.6 is 12.2 Å². The van der Waals surface area contributed by atoms with E-state index in [0.29, 0.717) is 11.6 Å². The van der Waals surface area contributed by atoms with Crippen molar-refractivity contribution in [3.63, 3.8) is 0 Å². The first kappa shape index (κ1) is 22.6. The molecule has 1 N–H and O–H groups in total. The second kappa shape index (κ2) is 9.22. The van der Waals surface area contributed by atoms with E-state index in [0.717, 1.165) is 22.2 Å². The van der Waals surface area contributed by atoms with Gasteiger partial charge in [-0.05, 0) is 86.9 Å². The van der Waals surface area contributed by atoms with Gasteiger partial charge in [-0.15, -0.1) is 0 Å². The van der Waals surface area contributed by atoms with Crippen molar-refractivity contribution in [3.8, 4) is 5.69 Å². The molecule has 1 saturated carbocycles. The van der Waals surface area contributed by atoms with Crippen LogP contribution in [0.25, 0.3) is 5.69 Å². The Labute approximate surface area is 205 Å². The van der Waals surface area contributed by atoms with E-state index in [2.05, 4.69) is 45.7 Å². The predicted octanol–water partition coefficient (Wildman–Crippen LogP) is 5.19. The number of methoxy groups -OCH3 is 1. The molecule has 1 aliphatic heterocycles. The minimum atomic E-state index is -0.330. The van der Waals surface area contributed by atoms with Crippen molar-refractivity contribution in [2.75, 3.05) is 7.11 Å². The van der Waals surface area contributed by atoms with Crippen molar-refractivity contribution in [1.82, 2.24) is 19.8 Å². The summed E-state index contributed by atoms with van der Waals surface area (Å²) in [6.45, 7) is 4.29. The zero-order valence-corrected chi connectivity index (χ0v) is 20.6. The average Bonchev–Trinajstić information content (AvgIpc) is 3.57. The lowest BCUT2D eigenvalue weighted by molar-refractivity contribution is 0.0600. The molecule has 3 heterocycles. The second-order valence-electron chi connectivity index (χ2n) is 9.17.